The highest BCUT2D eigenvalue weighted by molar-refractivity contribution is 6.31. The van der Waals surface area contributed by atoms with E-state index in [0.29, 0.717) is 0 Å². The average Bonchev–Trinajstić information content (AvgIpc) is 2.12. The third kappa shape index (κ3) is 3.00. The Bertz CT molecular complexity index is 344. The fraction of sp³-hybridized carbons (Fsp3) is 0.333. The lowest BCUT2D eigenvalue weighted by atomic mass is 10.0. The van der Waals surface area contributed by atoms with Crippen molar-refractivity contribution in [3.05, 3.63) is 34.1 Å². The summed E-state index contributed by atoms with van der Waals surface area (Å²) in [5, 5.41) is -0.0686. The molecule has 86 valence electrons. The maximum absolute atomic E-state index is 13.4. The molecule has 0 aliphatic carbocycles. The lowest BCUT2D eigenvalue weighted by Crippen LogP contribution is -2.21. The summed E-state index contributed by atoms with van der Waals surface area (Å²) in [5.74, 6) is -0.759. The van der Waals surface area contributed by atoms with E-state index in [4.69, 9.17) is 17.3 Å². The molecule has 0 bridgehead atoms. The summed E-state index contributed by atoms with van der Waals surface area (Å²) in [6, 6.07) is 1.10. The molecule has 0 radical (unpaired) electrons. The van der Waals surface area contributed by atoms with Crippen LogP contribution in [0.2, 0.25) is 5.02 Å². The molecule has 1 aromatic rings. The fourth-order valence-corrected chi connectivity index (χ4v) is 1.38. The molecule has 0 heterocycles. The number of rotatable bonds is 2. The molecule has 15 heavy (non-hydrogen) atoms. The normalized spacial score (nSPS) is 12.5. The zero-order chi connectivity index (χ0) is 10.9. The van der Waals surface area contributed by atoms with Gasteiger partial charge in [-0.2, -0.15) is 0 Å². The molecule has 0 spiro atoms. The molecule has 1 nitrogen and oxygen atoms in total. The molecule has 2 N–H and O–H groups in total. The minimum Gasteiger partial charge on any atom is -0.319 e. The van der Waals surface area contributed by atoms with Crippen LogP contribution < -0.4 is 5.73 Å². The first-order valence-corrected chi connectivity index (χ1v) is 4.31. The van der Waals surface area contributed by atoms with Crippen LogP contribution in [0.5, 0.6) is 0 Å². The largest absolute Gasteiger partial charge is 0.319 e. The molecule has 0 unspecified atom stereocenters. The van der Waals surface area contributed by atoms with E-state index in [0.717, 1.165) is 0 Å². The summed E-state index contributed by atoms with van der Waals surface area (Å²) in [7, 11) is 0. The Morgan fingerprint density at radius 1 is 1.33 bits per heavy atom. The van der Waals surface area contributed by atoms with E-state index in [1.165, 1.54) is 19.1 Å². The van der Waals surface area contributed by atoms with Crippen molar-refractivity contribution >= 4 is 24.0 Å². The van der Waals surface area contributed by atoms with Crippen molar-refractivity contribution in [1.82, 2.24) is 0 Å². The van der Waals surface area contributed by atoms with Crippen LogP contribution in [-0.4, -0.2) is 6.43 Å². The zero-order valence-corrected chi connectivity index (χ0v) is 9.38. The van der Waals surface area contributed by atoms with Crippen molar-refractivity contribution in [3.8, 4) is 0 Å². The Labute approximate surface area is 96.8 Å². The summed E-state index contributed by atoms with van der Waals surface area (Å²) < 4.78 is 37.9. The summed E-state index contributed by atoms with van der Waals surface area (Å²) >= 11 is 5.59. The van der Waals surface area contributed by atoms with Crippen LogP contribution in [0.3, 0.4) is 0 Å². The minimum atomic E-state index is -2.83. The number of benzene rings is 1. The van der Waals surface area contributed by atoms with Gasteiger partial charge < -0.3 is 5.73 Å². The van der Waals surface area contributed by atoms with E-state index in [2.05, 4.69) is 0 Å². The third-order valence-electron chi connectivity index (χ3n) is 1.92. The van der Waals surface area contributed by atoms with Gasteiger partial charge in [0, 0.05) is 10.6 Å². The smallest absolute Gasteiger partial charge is 0.257 e. The SMILES string of the molecule is Cc1ccc(Cl)c([C@@H](N)C(F)F)c1F.Cl. The Morgan fingerprint density at radius 2 is 1.87 bits per heavy atom. The molecule has 1 rings (SSSR count). The minimum absolute atomic E-state index is 0. The maximum atomic E-state index is 13.4. The molecule has 0 saturated heterocycles. The van der Waals surface area contributed by atoms with E-state index in [9.17, 15) is 13.2 Å². The molecule has 1 atom stereocenters. The second kappa shape index (κ2) is 5.58. The van der Waals surface area contributed by atoms with Gasteiger partial charge in [0.15, 0.2) is 0 Å². The summed E-state index contributed by atoms with van der Waals surface area (Å²) in [5.41, 5.74) is 5.07. The molecule has 0 aromatic heterocycles. The first-order chi connectivity index (χ1) is 6.45. The predicted molar refractivity (Wildman–Crippen MR) is 56.3 cm³/mol. The Balaban J connectivity index is 0.00000196. The van der Waals surface area contributed by atoms with Crippen molar-refractivity contribution in [2.24, 2.45) is 5.73 Å². The van der Waals surface area contributed by atoms with Crippen molar-refractivity contribution in [3.63, 3.8) is 0 Å². The molecule has 0 aliphatic heterocycles. The topological polar surface area (TPSA) is 26.0 Å². The van der Waals surface area contributed by atoms with Gasteiger partial charge in [-0.1, -0.05) is 17.7 Å². The van der Waals surface area contributed by atoms with Crippen LogP contribution in [-0.2, 0) is 0 Å². The van der Waals surface area contributed by atoms with Crippen LogP contribution in [0.25, 0.3) is 0 Å². The van der Waals surface area contributed by atoms with Crippen molar-refractivity contribution in [1.29, 1.82) is 0 Å². The van der Waals surface area contributed by atoms with Crippen LogP contribution in [0.15, 0.2) is 12.1 Å². The molecule has 0 saturated carbocycles. The lowest BCUT2D eigenvalue weighted by molar-refractivity contribution is 0.115. The second-order valence-electron chi connectivity index (χ2n) is 2.95. The standard InChI is InChI=1S/C9H9ClF3N.ClH/c1-4-2-3-5(10)6(7(4)11)8(14)9(12)13;/h2-3,8-9H,14H2,1H3;1H/t8-;/m1./s1. The van der Waals surface area contributed by atoms with Gasteiger partial charge in [-0.3, -0.25) is 0 Å². The average molecular weight is 260 g/mol. The van der Waals surface area contributed by atoms with Crippen molar-refractivity contribution < 1.29 is 13.2 Å². The van der Waals surface area contributed by atoms with Crippen molar-refractivity contribution in [2.75, 3.05) is 0 Å². The molecule has 0 fully saturated rings. The van der Waals surface area contributed by atoms with Crippen LogP contribution in [0.4, 0.5) is 13.2 Å². The van der Waals surface area contributed by atoms with E-state index < -0.39 is 18.3 Å². The number of halogens is 5. The highest BCUT2D eigenvalue weighted by atomic mass is 35.5. The number of hydrogen-bond donors (Lipinski definition) is 1. The molecule has 0 amide bonds. The number of nitrogens with two attached hydrogens (primary N) is 1. The summed E-state index contributed by atoms with van der Waals surface area (Å²) in [6.45, 7) is 1.47. The Hall–Kier alpha value is -0.450. The van der Waals surface area contributed by atoms with E-state index in [1.807, 2.05) is 0 Å². The van der Waals surface area contributed by atoms with E-state index in [1.54, 1.807) is 0 Å². The number of alkyl halides is 2. The fourth-order valence-electron chi connectivity index (χ4n) is 1.11. The van der Waals surface area contributed by atoms with Crippen LogP contribution in [0.1, 0.15) is 17.2 Å². The monoisotopic (exact) mass is 259 g/mol. The van der Waals surface area contributed by atoms with Gasteiger partial charge in [-0.15, -0.1) is 12.4 Å². The van der Waals surface area contributed by atoms with Gasteiger partial charge >= 0.3 is 0 Å². The third-order valence-corrected chi connectivity index (χ3v) is 2.25. The summed E-state index contributed by atoms with van der Waals surface area (Å²) in [6.07, 6.45) is -2.83. The highest BCUT2D eigenvalue weighted by Crippen LogP contribution is 2.29. The lowest BCUT2D eigenvalue weighted by Gasteiger charge is -2.14. The molecule has 1 aromatic carbocycles. The quantitative estimate of drug-likeness (QED) is 0.865. The van der Waals surface area contributed by atoms with E-state index in [-0.39, 0.29) is 28.6 Å². The van der Waals surface area contributed by atoms with Crippen LogP contribution in [0, 0.1) is 12.7 Å². The Morgan fingerprint density at radius 3 is 2.33 bits per heavy atom. The van der Waals surface area contributed by atoms with Gasteiger partial charge in [0.1, 0.15) is 5.82 Å². The van der Waals surface area contributed by atoms with Gasteiger partial charge in [-0.25, -0.2) is 13.2 Å². The van der Waals surface area contributed by atoms with Gasteiger partial charge in [0.2, 0.25) is 0 Å². The number of aryl methyl sites for hydroxylation is 1. The molecule has 0 aliphatic rings. The molecular formula is C9H10Cl2F3N. The molecule has 6 heteroatoms. The number of hydrogen-bond acceptors (Lipinski definition) is 1. The van der Waals surface area contributed by atoms with Gasteiger partial charge in [-0.05, 0) is 18.6 Å². The first-order valence-electron chi connectivity index (χ1n) is 3.93. The van der Waals surface area contributed by atoms with Crippen molar-refractivity contribution in [2.45, 2.75) is 19.4 Å². The zero-order valence-electron chi connectivity index (χ0n) is 7.81. The van der Waals surface area contributed by atoms with Gasteiger partial charge in [0.05, 0.1) is 6.04 Å². The highest BCUT2D eigenvalue weighted by Gasteiger charge is 2.24. The second-order valence-corrected chi connectivity index (χ2v) is 3.36. The van der Waals surface area contributed by atoms with Gasteiger partial charge in [0.25, 0.3) is 6.43 Å². The maximum Gasteiger partial charge on any atom is 0.257 e. The predicted octanol–water partition coefficient (Wildman–Crippen LogP) is 3.47. The summed E-state index contributed by atoms with van der Waals surface area (Å²) in [4.78, 5) is 0. The van der Waals surface area contributed by atoms with E-state index >= 15 is 0 Å². The first kappa shape index (κ1) is 14.6. The molecular weight excluding hydrogens is 250 g/mol. The van der Waals surface area contributed by atoms with Crippen LogP contribution >= 0.6 is 24.0 Å². The Kier molecular flexibility index (Phi) is 5.42.